The van der Waals surface area contributed by atoms with Gasteiger partial charge in [0.1, 0.15) is 16.4 Å². The zero-order chi connectivity index (χ0) is 17.4. The number of ether oxygens (including phenoxy) is 1. The third kappa shape index (κ3) is 2.94. The Kier molecular flexibility index (Phi) is 4.06. The summed E-state index contributed by atoms with van der Waals surface area (Å²) in [5, 5.41) is 0.329. The van der Waals surface area contributed by atoms with Gasteiger partial charge in [-0.1, -0.05) is 29.9 Å². The molecule has 2 aromatic heterocycles. The monoisotopic (exact) mass is 355 g/mol. The Labute approximate surface area is 148 Å². The van der Waals surface area contributed by atoms with Crippen LogP contribution in [0, 0.1) is 11.6 Å². The Hall–Kier alpha value is -2.58. The molecule has 8 heteroatoms. The molecule has 1 saturated heterocycles. The Morgan fingerprint density at radius 3 is 2.64 bits per heavy atom. The summed E-state index contributed by atoms with van der Waals surface area (Å²) < 4.78 is 7.46. The number of morpholine rings is 1. The molecule has 1 aliphatic heterocycles. The van der Waals surface area contributed by atoms with E-state index in [1.54, 1.807) is 10.9 Å². The van der Waals surface area contributed by atoms with Gasteiger partial charge in [-0.2, -0.15) is 4.98 Å². The van der Waals surface area contributed by atoms with Gasteiger partial charge in [-0.25, -0.2) is 4.98 Å². The first-order chi connectivity index (χ1) is 12.1. The molecule has 0 atom stereocenters. The van der Waals surface area contributed by atoms with Crippen molar-refractivity contribution in [1.29, 1.82) is 0 Å². The number of aromatic nitrogens is 4. The van der Waals surface area contributed by atoms with Gasteiger partial charge in [0.25, 0.3) is 5.56 Å². The van der Waals surface area contributed by atoms with Gasteiger partial charge in [0.2, 0.25) is 5.95 Å². The van der Waals surface area contributed by atoms with Gasteiger partial charge in [-0.05, 0) is 19.1 Å². The van der Waals surface area contributed by atoms with Crippen LogP contribution in [0.1, 0.15) is 5.56 Å². The van der Waals surface area contributed by atoms with Gasteiger partial charge in [-0.3, -0.25) is 14.3 Å². The van der Waals surface area contributed by atoms with Crippen LogP contribution in [0.25, 0.3) is 16.7 Å². The Balaban J connectivity index is 1.84. The molecular weight excluding hydrogens is 338 g/mol. The van der Waals surface area contributed by atoms with Crippen LogP contribution in [0.3, 0.4) is 0 Å². The molecule has 0 saturated carbocycles. The fourth-order valence-electron chi connectivity index (χ4n) is 2.84. The van der Waals surface area contributed by atoms with Gasteiger partial charge >= 0.3 is 0 Å². The minimum Gasteiger partial charge on any atom is -0.378 e. The quantitative estimate of drug-likeness (QED) is 0.709. The molecule has 4 rings (SSSR count). The van der Waals surface area contributed by atoms with Crippen molar-refractivity contribution in [1.82, 2.24) is 19.5 Å². The predicted octanol–water partition coefficient (Wildman–Crippen LogP) is 1.98. The van der Waals surface area contributed by atoms with Crippen LogP contribution < -0.4 is 10.5 Å². The second-order valence-corrected chi connectivity index (χ2v) is 6.33. The number of anilines is 1. The van der Waals surface area contributed by atoms with Crippen molar-refractivity contribution in [3.63, 3.8) is 0 Å². The van der Waals surface area contributed by atoms with E-state index in [-0.39, 0.29) is 5.56 Å². The lowest BCUT2D eigenvalue weighted by Gasteiger charge is -2.27. The van der Waals surface area contributed by atoms with Crippen LogP contribution in [-0.2, 0) is 4.74 Å². The standard InChI is InChI=1S/C17H17N5O2S/c1-11-2-4-12(5-3-11)22-10-18-14-13(16(22)25)15(23)20-17(19-14)21-6-8-24-9-7-21/h2-5,10H,6-9H2,1H3,(H,19,20,23). The van der Waals surface area contributed by atoms with E-state index in [0.717, 1.165) is 11.3 Å². The Morgan fingerprint density at radius 1 is 1.20 bits per heavy atom. The van der Waals surface area contributed by atoms with Crippen molar-refractivity contribution >= 4 is 29.2 Å². The maximum Gasteiger partial charge on any atom is 0.264 e. The first-order valence-corrected chi connectivity index (χ1v) is 8.46. The van der Waals surface area contributed by atoms with Gasteiger partial charge in [-0.15, -0.1) is 0 Å². The highest BCUT2D eigenvalue weighted by molar-refractivity contribution is 7.71. The molecule has 1 aromatic carbocycles. The number of benzene rings is 1. The summed E-state index contributed by atoms with van der Waals surface area (Å²) in [6.45, 7) is 4.62. The zero-order valence-corrected chi connectivity index (χ0v) is 14.5. The average Bonchev–Trinajstić information content (AvgIpc) is 2.63. The van der Waals surface area contributed by atoms with E-state index in [0.29, 0.717) is 47.9 Å². The van der Waals surface area contributed by atoms with Crippen molar-refractivity contribution in [3.8, 4) is 5.69 Å². The molecule has 1 fully saturated rings. The number of nitrogens with one attached hydrogen (secondary N) is 1. The summed E-state index contributed by atoms with van der Waals surface area (Å²) >= 11 is 5.53. The fourth-order valence-corrected chi connectivity index (χ4v) is 3.17. The van der Waals surface area contributed by atoms with Crippen LogP contribution in [0.4, 0.5) is 5.95 Å². The lowest BCUT2D eigenvalue weighted by Crippen LogP contribution is -2.38. The molecule has 3 aromatic rings. The zero-order valence-electron chi connectivity index (χ0n) is 13.7. The van der Waals surface area contributed by atoms with Gasteiger partial charge < -0.3 is 9.64 Å². The van der Waals surface area contributed by atoms with Gasteiger partial charge in [0.15, 0.2) is 5.65 Å². The third-order valence-electron chi connectivity index (χ3n) is 4.24. The molecule has 7 nitrogen and oxygen atoms in total. The molecule has 0 bridgehead atoms. The summed E-state index contributed by atoms with van der Waals surface area (Å²) in [5.41, 5.74) is 2.10. The maximum atomic E-state index is 12.6. The molecule has 25 heavy (non-hydrogen) atoms. The predicted molar refractivity (Wildman–Crippen MR) is 98.1 cm³/mol. The Bertz CT molecular complexity index is 1040. The van der Waals surface area contributed by atoms with Crippen molar-refractivity contribution in [2.45, 2.75) is 6.92 Å². The minimum absolute atomic E-state index is 0.273. The molecular formula is C17H17N5O2S. The smallest absolute Gasteiger partial charge is 0.264 e. The number of hydrogen-bond donors (Lipinski definition) is 1. The lowest BCUT2D eigenvalue weighted by atomic mass is 10.2. The summed E-state index contributed by atoms with van der Waals surface area (Å²) in [6.07, 6.45) is 1.62. The van der Waals surface area contributed by atoms with Crippen LogP contribution in [0.15, 0.2) is 35.4 Å². The van der Waals surface area contributed by atoms with E-state index < -0.39 is 0 Å². The SMILES string of the molecule is Cc1ccc(-n2cnc3nc(N4CCOCC4)[nH]c(=O)c3c2=S)cc1. The highest BCUT2D eigenvalue weighted by atomic mass is 32.1. The molecule has 0 spiro atoms. The molecule has 0 aliphatic carbocycles. The summed E-state index contributed by atoms with van der Waals surface area (Å²) in [4.78, 5) is 26.3. The third-order valence-corrected chi connectivity index (χ3v) is 4.64. The summed E-state index contributed by atoms with van der Waals surface area (Å²) in [5.74, 6) is 0.510. The van der Waals surface area contributed by atoms with E-state index in [4.69, 9.17) is 17.0 Å². The topological polar surface area (TPSA) is 76.0 Å². The molecule has 3 heterocycles. The van der Waals surface area contributed by atoms with E-state index >= 15 is 0 Å². The van der Waals surface area contributed by atoms with E-state index in [2.05, 4.69) is 15.0 Å². The summed E-state index contributed by atoms with van der Waals surface area (Å²) in [6, 6.07) is 7.88. The number of aryl methyl sites for hydroxylation is 1. The Morgan fingerprint density at radius 2 is 1.92 bits per heavy atom. The molecule has 0 unspecified atom stereocenters. The number of nitrogens with zero attached hydrogens (tertiary/aromatic N) is 4. The highest BCUT2D eigenvalue weighted by Gasteiger charge is 2.16. The molecule has 1 N–H and O–H groups in total. The molecule has 0 amide bonds. The van der Waals surface area contributed by atoms with E-state index in [1.165, 1.54) is 0 Å². The largest absolute Gasteiger partial charge is 0.378 e. The second-order valence-electron chi connectivity index (χ2n) is 5.94. The first kappa shape index (κ1) is 15.9. The number of fused-ring (bicyclic) bond motifs is 1. The number of aromatic amines is 1. The van der Waals surface area contributed by atoms with E-state index in [9.17, 15) is 4.79 Å². The molecule has 128 valence electrons. The normalized spacial score (nSPS) is 14.8. The highest BCUT2D eigenvalue weighted by Crippen LogP contribution is 2.16. The molecule has 1 aliphatic rings. The molecule has 0 radical (unpaired) electrons. The fraction of sp³-hybridized carbons (Fsp3) is 0.294. The van der Waals surface area contributed by atoms with Crippen LogP contribution >= 0.6 is 12.2 Å². The van der Waals surface area contributed by atoms with Crippen molar-refractivity contribution in [2.24, 2.45) is 0 Å². The van der Waals surface area contributed by atoms with Crippen molar-refractivity contribution < 1.29 is 4.74 Å². The van der Waals surface area contributed by atoms with Crippen molar-refractivity contribution in [3.05, 3.63) is 51.2 Å². The maximum absolute atomic E-state index is 12.6. The van der Waals surface area contributed by atoms with Crippen LogP contribution in [0.5, 0.6) is 0 Å². The van der Waals surface area contributed by atoms with Crippen LogP contribution in [0.2, 0.25) is 0 Å². The number of hydrogen-bond acceptors (Lipinski definition) is 6. The van der Waals surface area contributed by atoms with E-state index in [1.807, 2.05) is 36.1 Å². The number of rotatable bonds is 2. The lowest BCUT2D eigenvalue weighted by molar-refractivity contribution is 0.122. The summed E-state index contributed by atoms with van der Waals surface area (Å²) in [7, 11) is 0. The van der Waals surface area contributed by atoms with Crippen molar-refractivity contribution in [2.75, 3.05) is 31.2 Å². The van der Waals surface area contributed by atoms with Crippen LogP contribution in [-0.4, -0.2) is 45.8 Å². The average molecular weight is 355 g/mol. The first-order valence-electron chi connectivity index (χ1n) is 8.05. The minimum atomic E-state index is -0.273. The number of H-pyrrole nitrogens is 1. The second kappa shape index (κ2) is 6.38. The van der Waals surface area contributed by atoms with Gasteiger partial charge in [0.05, 0.1) is 13.2 Å². The van der Waals surface area contributed by atoms with Gasteiger partial charge in [0, 0.05) is 18.8 Å².